The predicted octanol–water partition coefficient (Wildman–Crippen LogP) is 2.94. The number of aromatic nitrogens is 1. The zero-order valence-corrected chi connectivity index (χ0v) is 23.2. The Morgan fingerprint density at radius 2 is 1.93 bits per heavy atom. The Kier molecular flexibility index (Phi) is 7.19. The van der Waals surface area contributed by atoms with Gasteiger partial charge in [-0.25, -0.2) is 0 Å². The number of esters is 1. The van der Waals surface area contributed by atoms with E-state index in [0.717, 1.165) is 12.1 Å². The average molecular weight is 575 g/mol. The Morgan fingerprint density at radius 3 is 2.71 bits per heavy atom. The number of aromatic hydroxyl groups is 1. The number of nitrogens with zero attached hydrogens (tertiary/aromatic N) is 2. The standard InChI is InChI=1S/C31H30N2O9/c1-39-19-6-7-26-22(9-19)29(37)23(16-41-26)21(11-28(36)40-2)31-30(38)25(34)10-20(42-31)15-32-12-17-8-18(14-32)24-4-3-5-27(35)33(24)13-17/h3-7,9-10,16-18,21,38H,8,11-15H2,1-2H3/t17-,18+,21+/m0/s1. The van der Waals surface area contributed by atoms with E-state index in [-0.39, 0.29) is 52.8 Å². The van der Waals surface area contributed by atoms with Crippen molar-refractivity contribution < 1.29 is 28.2 Å². The Morgan fingerprint density at radius 1 is 1.10 bits per heavy atom. The molecule has 2 aliphatic heterocycles. The molecule has 1 N–H and O–H groups in total. The first-order valence-corrected chi connectivity index (χ1v) is 13.7. The van der Waals surface area contributed by atoms with Gasteiger partial charge in [-0.3, -0.25) is 24.1 Å². The zero-order chi connectivity index (χ0) is 29.5. The molecule has 2 bridgehead atoms. The molecular weight excluding hydrogens is 544 g/mol. The molecule has 0 unspecified atom stereocenters. The van der Waals surface area contributed by atoms with E-state index in [0.29, 0.717) is 31.0 Å². The molecule has 2 aliphatic rings. The lowest BCUT2D eigenvalue weighted by molar-refractivity contribution is -0.140. The van der Waals surface area contributed by atoms with E-state index in [1.54, 1.807) is 24.3 Å². The number of carbonyl (C=O) groups is 1. The van der Waals surface area contributed by atoms with Crippen LogP contribution in [0, 0.1) is 5.92 Å². The van der Waals surface area contributed by atoms with Gasteiger partial charge in [0.15, 0.2) is 11.2 Å². The summed E-state index contributed by atoms with van der Waals surface area (Å²) in [5.74, 6) is -1.61. The van der Waals surface area contributed by atoms with E-state index in [4.69, 9.17) is 18.3 Å². The van der Waals surface area contributed by atoms with E-state index < -0.39 is 28.5 Å². The molecule has 0 spiro atoms. The molecule has 218 valence electrons. The van der Waals surface area contributed by atoms with Crippen molar-refractivity contribution in [2.45, 2.75) is 37.8 Å². The molecule has 0 saturated carbocycles. The Bertz CT molecular complexity index is 1850. The van der Waals surface area contributed by atoms with Crippen LogP contribution in [0.4, 0.5) is 0 Å². The van der Waals surface area contributed by atoms with Gasteiger partial charge >= 0.3 is 5.97 Å². The second kappa shape index (κ2) is 11.0. The van der Waals surface area contributed by atoms with Crippen molar-refractivity contribution in [3.8, 4) is 11.5 Å². The van der Waals surface area contributed by atoms with Crippen molar-refractivity contribution >= 4 is 16.9 Å². The molecule has 1 fully saturated rings. The summed E-state index contributed by atoms with van der Waals surface area (Å²) < 4.78 is 23.8. The maximum Gasteiger partial charge on any atom is 0.306 e. The summed E-state index contributed by atoms with van der Waals surface area (Å²) >= 11 is 0. The number of likely N-dealkylation sites (tertiary alicyclic amines) is 1. The summed E-state index contributed by atoms with van der Waals surface area (Å²) in [5.41, 5.74) is 0.162. The Balaban J connectivity index is 1.37. The second-order valence-electron chi connectivity index (χ2n) is 10.9. The molecule has 5 heterocycles. The molecule has 1 saturated heterocycles. The van der Waals surface area contributed by atoms with Gasteiger partial charge < -0.3 is 28.0 Å². The predicted molar refractivity (Wildman–Crippen MR) is 151 cm³/mol. The van der Waals surface area contributed by atoms with Gasteiger partial charge in [0, 0.05) is 48.9 Å². The molecule has 0 radical (unpaired) electrons. The fraction of sp³-hybridized carbons (Fsp3) is 0.355. The largest absolute Gasteiger partial charge is 0.502 e. The fourth-order valence-electron chi connectivity index (χ4n) is 6.30. The van der Waals surface area contributed by atoms with Gasteiger partial charge in [0.2, 0.25) is 11.2 Å². The van der Waals surface area contributed by atoms with Crippen LogP contribution < -0.4 is 21.2 Å². The Hall–Kier alpha value is -4.64. The molecular formula is C31H30N2O9. The van der Waals surface area contributed by atoms with E-state index in [1.165, 1.54) is 32.6 Å². The summed E-state index contributed by atoms with van der Waals surface area (Å²) in [6.07, 6.45) is 1.80. The van der Waals surface area contributed by atoms with Crippen molar-refractivity contribution in [2.24, 2.45) is 5.92 Å². The van der Waals surface area contributed by atoms with Crippen molar-refractivity contribution in [1.29, 1.82) is 0 Å². The molecule has 11 nitrogen and oxygen atoms in total. The van der Waals surface area contributed by atoms with Gasteiger partial charge in [-0.1, -0.05) is 6.07 Å². The van der Waals surface area contributed by atoms with Crippen LogP contribution in [0.15, 0.2) is 71.9 Å². The smallest absolute Gasteiger partial charge is 0.306 e. The first kappa shape index (κ1) is 27.5. The number of hydrogen-bond acceptors (Lipinski definition) is 10. The first-order chi connectivity index (χ1) is 20.2. The van der Waals surface area contributed by atoms with Crippen molar-refractivity contribution in [3.63, 3.8) is 0 Å². The van der Waals surface area contributed by atoms with Crippen LogP contribution in [0.2, 0.25) is 0 Å². The quantitative estimate of drug-likeness (QED) is 0.328. The van der Waals surface area contributed by atoms with E-state index in [9.17, 15) is 24.3 Å². The maximum atomic E-state index is 13.6. The van der Waals surface area contributed by atoms with Crippen LogP contribution in [0.3, 0.4) is 0 Å². The van der Waals surface area contributed by atoms with Gasteiger partial charge in [-0.05, 0) is 36.6 Å². The number of methoxy groups -OCH3 is 2. The molecule has 0 amide bonds. The van der Waals surface area contributed by atoms with Gasteiger partial charge in [0.1, 0.15) is 17.1 Å². The third-order valence-electron chi connectivity index (χ3n) is 8.23. The molecule has 1 aromatic carbocycles. The molecule has 3 atom stereocenters. The number of benzene rings is 1. The van der Waals surface area contributed by atoms with Crippen LogP contribution in [-0.2, 0) is 22.6 Å². The molecule has 6 rings (SSSR count). The van der Waals surface area contributed by atoms with E-state index in [2.05, 4.69) is 4.90 Å². The lowest BCUT2D eigenvalue weighted by atomic mass is 9.83. The summed E-state index contributed by atoms with van der Waals surface area (Å²) in [6, 6.07) is 11.3. The van der Waals surface area contributed by atoms with Crippen LogP contribution in [0.5, 0.6) is 11.5 Å². The minimum absolute atomic E-state index is 0.00178. The Labute approximate surface area is 239 Å². The van der Waals surface area contributed by atoms with Crippen LogP contribution in [0.1, 0.15) is 47.5 Å². The highest BCUT2D eigenvalue weighted by Crippen LogP contribution is 2.37. The highest BCUT2D eigenvalue weighted by Gasteiger charge is 2.35. The lowest BCUT2D eigenvalue weighted by Crippen LogP contribution is -2.46. The molecule has 42 heavy (non-hydrogen) atoms. The van der Waals surface area contributed by atoms with E-state index in [1.807, 2.05) is 10.6 Å². The van der Waals surface area contributed by atoms with Gasteiger partial charge in [0.25, 0.3) is 5.56 Å². The van der Waals surface area contributed by atoms with Crippen molar-refractivity contribution in [2.75, 3.05) is 27.3 Å². The monoisotopic (exact) mass is 574 g/mol. The second-order valence-corrected chi connectivity index (χ2v) is 10.9. The molecule has 0 aliphatic carbocycles. The highest BCUT2D eigenvalue weighted by atomic mass is 16.5. The lowest BCUT2D eigenvalue weighted by Gasteiger charge is -2.42. The minimum Gasteiger partial charge on any atom is -0.502 e. The number of ether oxygens (including phenoxy) is 2. The average Bonchev–Trinajstić information content (AvgIpc) is 2.98. The third-order valence-corrected chi connectivity index (χ3v) is 8.23. The number of rotatable bonds is 7. The van der Waals surface area contributed by atoms with Crippen molar-refractivity contribution in [3.05, 3.63) is 102 Å². The van der Waals surface area contributed by atoms with Crippen LogP contribution >= 0.6 is 0 Å². The summed E-state index contributed by atoms with van der Waals surface area (Å²) in [4.78, 5) is 53.6. The van der Waals surface area contributed by atoms with E-state index >= 15 is 0 Å². The minimum atomic E-state index is -1.16. The number of piperidine rings is 1. The van der Waals surface area contributed by atoms with Crippen LogP contribution in [0.25, 0.3) is 11.0 Å². The maximum absolute atomic E-state index is 13.6. The van der Waals surface area contributed by atoms with Crippen LogP contribution in [-0.4, -0.2) is 47.9 Å². The van der Waals surface area contributed by atoms with Gasteiger partial charge in [-0.2, -0.15) is 0 Å². The highest BCUT2D eigenvalue weighted by molar-refractivity contribution is 5.79. The topological polar surface area (TPSA) is 141 Å². The fourth-order valence-corrected chi connectivity index (χ4v) is 6.30. The first-order valence-electron chi connectivity index (χ1n) is 13.7. The van der Waals surface area contributed by atoms with Crippen molar-refractivity contribution in [1.82, 2.24) is 9.47 Å². The van der Waals surface area contributed by atoms with Gasteiger partial charge in [-0.15, -0.1) is 0 Å². The number of fused-ring (bicyclic) bond motifs is 5. The number of pyridine rings is 1. The normalized spacial score (nSPS) is 18.8. The third kappa shape index (κ3) is 5.00. The molecule has 4 aromatic rings. The SMILES string of the molecule is COC(=O)C[C@@H](c1oc(CN2C[C@@H]3C[C@H](C2)c2cccc(=O)n2C3)cc(=O)c1O)c1coc2ccc(OC)cc2c1=O. The summed E-state index contributed by atoms with van der Waals surface area (Å²) in [5, 5.41) is 11.0. The summed E-state index contributed by atoms with van der Waals surface area (Å²) in [6.45, 7) is 2.23. The number of hydrogen-bond donors (Lipinski definition) is 1. The number of carbonyl (C=O) groups excluding carboxylic acids is 1. The van der Waals surface area contributed by atoms with Gasteiger partial charge in [0.05, 0.1) is 44.8 Å². The molecule has 3 aromatic heterocycles. The summed E-state index contributed by atoms with van der Waals surface area (Å²) in [7, 11) is 2.68. The molecule has 11 heteroatoms. The zero-order valence-electron chi connectivity index (χ0n) is 23.2.